The maximum atomic E-state index is 11.8. The molecular weight excluding hydrogens is 244 g/mol. The lowest BCUT2D eigenvalue weighted by Gasteiger charge is -2.01. The van der Waals surface area contributed by atoms with Crippen LogP contribution in [0.1, 0.15) is 30.2 Å². The number of aromatic nitrogens is 2. The van der Waals surface area contributed by atoms with E-state index in [0.29, 0.717) is 17.5 Å². The molecule has 0 radical (unpaired) electrons. The molecule has 1 aromatic carbocycles. The van der Waals surface area contributed by atoms with E-state index < -0.39 is 0 Å². The quantitative estimate of drug-likeness (QED) is 0.814. The molecule has 98 valence electrons. The van der Waals surface area contributed by atoms with E-state index in [0.717, 1.165) is 18.4 Å². The summed E-state index contributed by atoms with van der Waals surface area (Å²) in [6, 6.07) is 7.33. The molecule has 3 rings (SSSR count). The summed E-state index contributed by atoms with van der Waals surface area (Å²) in [5, 5.41) is 10.3. The van der Waals surface area contributed by atoms with Crippen LogP contribution in [-0.2, 0) is 11.2 Å². The van der Waals surface area contributed by atoms with Crippen LogP contribution in [0, 0.1) is 0 Å². The molecule has 0 saturated heterocycles. The molecule has 3 N–H and O–H groups in total. The summed E-state index contributed by atoms with van der Waals surface area (Å²) in [6.45, 7) is 0. The van der Waals surface area contributed by atoms with E-state index >= 15 is 0 Å². The molecule has 1 amide bonds. The Morgan fingerprint density at radius 1 is 1.32 bits per heavy atom. The molecule has 1 aromatic heterocycles. The highest BCUT2D eigenvalue weighted by Gasteiger charge is 2.29. The molecule has 0 bridgehead atoms. The molecule has 1 aliphatic carbocycles. The van der Waals surface area contributed by atoms with Crippen LogP contribution in [0.4, 0.5) is 11.7 Å². The Bertz CT molecular complexity index is 587. The zero-order valence-electron chi connectivity index (χ0n) is 10.3. The Kier molecular flexibility index (Phi) is 2.91. The van der Waals surface area contributed by atoms with Gasteiger partial charge in [0.25, 0.3) is 0 Å². The maximum absolute atomic E-state index is 11.8. The van der Waals surface area contributed by atoms with Crippen molar-refractivity contribution < 1.29 is 9.21 Å². The summed E-state index contributed by atoms with van der Waals surface area (Å²) in [7, 11) is 0. The molecule has 6 nitrogen and oxygen atoms in total. The monoisotopic (exact) mass is 258 g/mol. The second-order valence-corrected chi connectivity index (χ2v) is 4.69. The number of anilines is 2. The Balaban J connectivity index is 1.59. The maximum Gasteiger partial charge on any atom is 0.322 e. The van der Waals surface area contributed by atoms with Gasteiger partial charge in [0.1, 0.15) is 0 Å². The molecule has 1 aliphatic rings. The normalized spacial score (nSPS) is 14.3. The number of carbonyl (C=O) groups excluding carboxylic acids is 1. The first-order valence-electron chi connectivity index (χ1n) is 6.18. The van der Waals surface area contributed by atoms with Crippen LogP contribution in [0.3, 0.4) is 0 Å². The number of hydrogen-bond donors (Lipinski definition) is 2. The zero-order valence-corrected chi connectivity index (χ0v) is 10.3. The SMILES string of the molecule is Nc1ccc(CC(=O)Nc2nnc(C3CC3)o2)cc1. The van der Waals surface area contributed by atoms with Gasteiger partial charge in [0.15, 0.2) is 0 Å². The standard InChI is InChI=1S/C13H14N4O2/c14-10-5-1-8(2-6-10)7-11(18)15-13-17-16-12(19-13)9-3-4-9/h1-2,5-6,9H,3-4,7,14H2,(H,15,17,18). The third kappa shape index (κ3) is 2.90. The Morgan fingerprint density at radius 3 is 2.74 bits per heavy atom. The summed E-state index contributed by atoms with van der Waals surface area (Å²) in [4.78, 5) is 11.8. The van der Waals surface area contributed by atoms with Crippen LogP contribution < -0.4 is 11.1 Å². The zero-order chi connectivity index (χ0) is 13.2. The summed E-state index contributed by atoms with van der Waals surface area (Å²) >= 11 is 0. The molecule has 1 heterocycles. The van der Waals surface area contributed by atoms with E-state index in [-0.39, 0.29) is 18.3 Å². The first-order valence-corrected chi connectivity index (χ1v) is 6.18. The fourth-order valence-corrected chi connectivity index (χ4v) is 1.76. The van der Waals surface area contributed by atoms with Crippen molar-refractivity contribution in [3.63, 3.8) is 0 Å². The minimum atomic E-state index is -0.184. The van der Waals surface area contributed by atoms with Gasteiger partial charge in [0.2, 0.25) is 11.8 Å². The van der Waals surface area contributed by atoms with Crippen molar-refractivity contribution in [3.05, 3.63) is 35.7 Å². The van der Waals surface area contributed by atoms with Gasteiger partial charge >= 0.3 is 6.01 Å². The van der Waals surface area contributed by atoms with Gasteiger partial charge in [-0.15, -0.1) is 5.10 Å². The lowest BCUT2D eigenvalue weighted by molar-refractivity contribution is -0.115. The van der Waals surface area contributed by atoms with Crippen LogP contribution in [0.15, 0.2) is 28.7 Å². The van der Waals surface area contributed by atoms with Crippen molar-refractivity contribution in [3.8, 4) is 0 Å². The van der Waals surface area contributed by atoms with Crippen molar-refractivity contribution in [2.75, 3.05) is 11.1 Å². The minimum Gasteiger partial charge on any atom is -0.408 e. The van der Waals surface area contributed by atoms with Gasteiger partial charge in [-0.2, -0.15) is 0 Å². The van der Waals surface area contributed by atoms with Gasteiger partial charge in [-0.25, -0.2) is 0 Å². The van der Waals surface area contributed by atoms with E-state index in [2.05, 4.69) is 15.5 Å². The molecule has 19 heavy (non-hydrogen) atoms. The molecule has 0 atom stereocenters. The van der Waals surface area contributed by atoms with Crippen LogP contribution in [0.25, 0.3) is 0 Å². The summed E-state index contributed by atoms with van der Waals surface area (Å²) in [5.41, 5.74) is 7.14. The number of nitrogen functional groups attached to an aromatic ring is 1. The molecule has 1 fully saturated rings. The average molecular weight is 258 g/mol. The lowest BCUT2D eigenvalue weighted by atomic mass is 10.1. The fraction of sp³-hybridized carbons (Fsp3) is 0.308. The lowest BCUT2D eigenvalue weighted by Crippen LogP contribution is -2.14. The van der Waals surface area contributed by atoms with E-state index in [9.17, 15) is 4.79 Å². The van der Waals surface area contributed by atoms with E-state index in [1.165, 1.54) is 0 Å². The van der Waals surface area contributed by atoms with E-state index in [1.54, 1.807) is 12.1 Å². The predicted molar refractivity (Wildman–Crippen MR) is 69.5 cm³/mol. The fourth-order valence-electron chi connectivity index (χ4n) is 1.76. The first-order chi connectivity index (χ1) is 9.20. The third-order valence-corrected chi connectivity index (χ3v) is 2.96. The van der Waals surface area contributed by atoms with Crippen molar-refractivity contribution >= 4 is 17.6 Å². The predicted octanol–water partition coefficient (Wildman–Crippen LogP) is 1.71. The highest BCUT2D eigenvalue weighted by molar-refractivity contribution is 5.90. The molecular formula is C13H14N4O2. The number of nitrogens with two attached hydrogens (primary N) is 1. The van der Waals surface area contributed by atoms with Gasteiger partial charge in [0.05, 0.1) is 6.42 Å². The van der Waals surface area contributed by atoms with Gasteiger partial charge in [0, 0.05) is 11.6 Å². The summed E-state index contributed by atoms with van der Waals surface area (Å²) < 4.78 is 5.36. The molecule has 1 saturated carbocycles. The van der Waals surface area contributed by atoms with Crippen LogP contribution in [-0.4, -0.2) is 16.1 Å². The van der Waals surface area contributed by atoms with Gasteiger partial charge < -0.3 is 10.2 Å². The molecule has 2 aromatic rings. The van der Waals surface area contributed by atoms with Gasteiger partial charge in [-0.1, -0.05) is 17.2 Å². The number of hydrogen-bond acceptors (Lipinski definition) is 5. The Morgan fingerprint density at radius 2 is 2.05 bits per heavy atom. The average Bonchev–Trinajstić information content (AvgIpc) is 3.14. The second kappa shape index (κ2) is 4.72. The smallest absolute Gasteiger partial charge is 0.322 e. The highest BCUT2D eigenvalue weighted by atomic mass is 16.4. The molecule has 6 heteroatoms. The Hall–Kier alpha value is -2.37. The number of benzene rings is 1. The van der Waals surface area contributed by atoms with Crippen LogP contribution >= 0.6 is 0 Å². The molecule has 0 spiro atoms. The minimum absolute atomic E-state index is 0.169. The number of rotatable bonds is 4. The van der Waals surface area contributed by atoms with E-state index in [4.69, 9.17) is 10.2 Å². The van der Waals surface area contributed by atoms with Crippen molar-refractivity contribution in [2.24, 2.45) is 0 Å². The van der Waals surface area contributed by atoms with Gasteiger partial charge in [-0.3, -0.25) is 10.1 Å². The molecule has 0 unspecified atom stereocenters. The summed E-state index contributed by atoms with van der Waals surface area (Å²) in [6.07, 6.45) is 2.42. The number of nitrogens with one attached hydrogen (secondary N) is 1. The topological polar surface area (TPSA) is 94.0 Å². The number of nitrogens with zero attached hydrogens (tertiary/aromatic N) is 2. The third-order valence-electron chi connectivity index (χ3n) is 2.96. The van der Waals surface area contributed by atoms with Crippen molar-refractivity contribution in [1.82, 2.24) is 10.2 Å². The second-order valence-electron chi connectivity index (χ2n) is 4.69. The number of carbonyl (C=O) groups is 1. The first kappa shape index (κ1) is 11.7. The Labute approximate surface area is 110 Å². The highest BCUT2D eigenvalue weighted by Crippen LogP contribution is 2.39. The van der Waals surface area contributed by atoms with Gasteiger partial charge in [-0.05, 0) is 30.5 Å². The summed E-state index contributed by atoms with van der Waals surface area (Å²) in [5.74, 6) is 0.814. The van der Waals surface area contributed by atoms with Crippen LogP contribution in [0.2, 0.25) is 0 Å². The van der Waals surface area contributed by atoms with Crippen molar-refractivity contribution in [1.29, 1.82) is 0 Å². The largest absolute Gasteiger partial charge is 0.408 e. The molecule has 0 aliphatic heterocycles. The number of amides is 1. The van der Waals surface area contributed by atoms with Crippen LogP contribution in [0.5, 0.6) is 0 Å². The van der Waals surface area contributed by atoms with E-state index in [1.807, 2.05) is 12.1 Å². The van der Waals surface area contributed by atoms with Crippen molar-refractivity contribution in [2.45, 2.75) is 25.2 Å².